The van der Waals surface area contributed by atoms with E-state index in [1.54, 1.807) is 0 Å². The largest absolute Gasteiger partial charge is 0.416 e. The van der Waals surface area contributed by atoms with Gasteiger partial charge in [-0.05, 0) is 51.8 Å². The number of alkyl halides is 6. The van der Waals surface area contributed by atoms with Crippen LogP contribution >= 0.6 is 15.9 Å². The average molecular weight is 530 g/mol. The fourth-order valence-corrected chi connectivity index (χ4v) is 3.80. The van der Waals surface area contributed by atoms with E-state index >= 15 is 0 Å². The van der Waals surface area contributed by atoms with Gasteiger partial charge in [0.15, 0.2) is 0 Å². The number of amides is 1. The summed E-state index contributed by atoms with van der Waals surface area (Å²) < 4.78 is 98.0. The van der Waals surface area contributed by atoms with Crippen molar-refractivity contribution in [3.05, 3.63) is 68.9 Å². The van der Waals surface area contributed by atoms with Gasteiger partial charge in [-0.1, -0.05) is 6.07 Å². The van der Waals surface area contributed by atoms with Crippen LogP contribution in [0.4, 0.5) is 30.7 Å². The summed E-state index contributed by atoms with van der Waals surface area (Å²) in [6, 6.07) is 4.47. The van der Waals surface area contributed by atoms with Gasteiger partial charge in [0.25, 0.3) is 5.91 Å². The second-order valence-electron chi connectivity index (χ2n) is 7.17. The Morgan fingerprint density at radius 2 is 1.66 bits per heavy atom. The number of ether oxygens (including phenoxy) is 1. The van der Waals surface area contributed by atoms with Crippen molar-refractivity contribution in [2.24, 2.45) is 0 Å². The molecule has 0 unspecified atom stereocenters. The van der Waals surface area contributed by atoms with Crippen molar-refractivity contribution in [3.63, 3.8) is 0 Å². The molecule has 1 fully saturated rings. The average Bonchev–Trinajstić information content (AvgIpc) is 3.13. The van der Waals surface area contributed by atoms with Gasteiger partial charge < -0.3 is 14.7 Å². The third-order valence-electron chi connectivity index (χ3n) is 5.03. The Hall–Kier alpha value is -2.18. The Labute approximate surface area is 185 Å². The Morgan fingerprint density at radius 1 is 1.06 bits per heavy atom. The summed E-state index contributed by atoms with van der Waals surface area (Å²) in [5, 5.41) is 9.45. The van der Waals surface area contributed by atoms with E-state index in [0.29, 0.717) is 17.7 Å². The van der Waals surface area contributed by atoms with E-state index in [4.69, 9.17) is 4.74 Å². The molecule has 12 heteroatoms. The first kappa shape index (κ1) is 24.5. The summed E-state index contributed by atoms with van der Waals surface area (Å²) in [6.45, 7) is -1.13. The lowest BCUT2D eigenvalue weighted by Crippen LogP contribution is -2.36. The molecule has 174 valence electrons. The molecule has 2 aromatic rings. The maximum atomic E-state index is 13.6. The fourth-order valence-electron chi connectivity index (χ4n) is 3.42. The topological polar surface area (TPSA) is 49.8 Å². The number of rotatable bonds is 4. The molecular weight excluding hydrogens is 515 g/mol. The van der Waals surface area contributed by atoms with Crippen LogP contribution < -0.4 is 0 Å². The van der Waals surface area contributed by atoms with Crippen molar-refractivity contribution >= 4 is 21.8 Å². The van der Waals surface area contributed by atoms with Crippen LogP contribution in [0.2, 0.25) is 0 Å². The van der Waals surface area contributed by atoms with E-state index in [2.05, 4.69) is 15.9 Å². The third kappa shape index (κ3) is 4.91. The number of carbonyl (C=O) groups excluding carboxylic acids is 1. The van der Waals surface area contributed by atoms with Gasteiger partial charge in [-0.15, -0.1) is 0 Å². The molecule has 1 heterocycles. The number of hydrogen-bond acceptors (Lipinski definition) is 3. The van der Waals surface area contributed by atoms with E-state index in [0.717, 1.165) is 11.0 Å². The monoisotopic (exact) mass is 529 g/mol. The van der Waals surface area contributed by atoms with E-state index in [-0.39, 0.29) is 23.5 Å². The van der Waals surface area contributed by atoms with E-state index in [9.17, 15) is 40.6 Å². The molecule has 1 aliphatic heterocycles. The highest BCUT2D eigenvalue weighted by atomic mass is 79.9. The molecule has 32 heavy (non-hydrogen) atoms. The minimum absolute atomic E-state index is 0.0504. The van der Waals surface area contributed by atoms with E-state index in [1.807, 2.05) is 0 Å². The van der Waals surface area contributed by atoms with Gasteiger partial charge in [0.2, 0.25) is 0 Å². The second kappa shape index (κ2) is 8.64. The van der Waals surface area contributed by atoms with Crippen molar-refractivity contribution in [1.29, 1.82) is 0 Å². The zero-order valence-electron chi connectivity index (χ0n) is 16.0. The molecule has 0 spiro atoms. The SMILES string of the molecule is O=C(c1cc(C(F)(F)F)cc(C(F)(F)F)c1)N1CO[C@@](CCO)(c2ccc(F)c(Br)c2)C1. The lowest BCUT2D eigenvalue weighted by Gasteiger charge is -2.28. The van der Waals surface area contributed by atoms with Gasteiger partial charge in [-0.3, -0.25) is 4.79 Å². The zero-order chi connectivity index (χ0) is 23.9. The molecule has 0 aromatic heterocycles. The van der Waals surface area contributed by atoms with Crippen molar-refractivity contribution in [3.8, 4) is 0 Å². The minimum Gasteiger partial charge on any atom is -0.396 e. The number of benzene rings is 2. The van der Waals surface area contributed by atoms with Crippen LogP contribution in [0.15, 0.2) is 40.9 Å². The number of halogens is 8. The number of nitrogens with zero attached hydrogens (tertiary/aromatic N) is 1. The van der Waals surface area contributed by atoms with Crippen molar-refractivity contribution in [1.82, 2.24) is 4.90 Å². The van der Waals surface area contributed by atoms with Crippen molar-refractivity contribution < 1.29 is 45.4 Å². The second-order valence-corrected chi connectivity index (χ2v) is 8.02. The molecule has 4 nitrogen and oxygen atoms in total. The fraction of sp³-hybridized carbons (Fsp3) is 0.350. The van der Waals surface area contributed by atoms with Crippen LogP contribution in [0.3, 0.4) is 0 Å². The maximum absolute atomic E-state index is 13.6. The molecule has 2 aromatic carbocycles. The van der Waals surface area contributed by atoms with Crippen LogP contribution in [0.5, 0.6) is 0 Å². The molecule has 1 amide bonds. The van der Waals surface area contributed by atoms with Crippen LogP contribution in [0.25, 0.3) is 0 Å². The maximum Gasteiger partial charge on any atom is 0.416 e. The number of aliphatic hydroxyl groups excluding tert-OH is 1. The first-order valence-corrected chi connectivity index (χ1v) is 9.85. The van der Waals surface area contributed by atoms with Gasteiger partial charge >= 0.3 is 12.4 Å². The number of carbonyl (C=O) groups is 1. The first-order valence-electron chi connectivity index (χ1n) is 9.06. The Morgan fingerprint density at radius 3 is 2.16 bits per heavy atom. The number of aliphatic hydroxyl groups is 1. The summed E-state index contributed by atoms with van der Waals surface area (Å²) in [7, 11) is 0. The Bertz CT molecular complexity index is 993. The molecular formula is C20H15BrF7NO3. The molecule has 0 bridgehead atoms. The quantitative estimate of drug-likeness (QED) is 0.544. The van der Waals surface area contributed by atoms with Crippen LogP contribution in [0.1, 0.15) is 33.5 Å². The third-order valence-corrected chi connectivity index (χ3v) is 5.63. The highest BCUT2D eigenvalue weighted by Gasteiger charge is 2.44. The molecule has 1 N–H and O–H groups in total. The highest BCUT2D eigenvalue weighted by Crippen LogP contribution is 2.39. The van der Waals surface area contributed by atoms with Gasteiger partial charge in [-0.25, -0.2) is 4.39 Å². The van der Waals surface area contributed by atoms with Crippen LogP contribution in [-0.2, 0) is 22.7 Å². The normalized spacial score (nSPS) is 19.5. The summed E-state index contributed by atoms with van der Waals surface area (Å²) >= 11 is 3.02. The lowest BCUT2D eigenvalue weighted by molar-refractivity contribution is -0.143. The molecule has 3 rings (SSSR count). The standard InChI is InChI=1S/C20H15BrF7NO3/c21-15-8-12(1-2-16(15)22)18(3-4-30)9-29(10-32-18)17(31)11-5-13(19(23,24)25)7-14(6-11)20(26,27)28/h1-2,5-8,30H,3-4,9-10H2/t18-/m1/s1. The summed E-state index contributed by atoms with van der Waals surface area (Å²) in [6.07, 6.45) is -10.2. The molecule has 0 saturated carbocycles. The first-order chi connectivity index (χ1) is 14.8. The van der Waals surface area contributed by atoms with Gasteiger partial charge in [0.1, 0.15) is 18.1 Å². The molecule has 1 atom stereocenters. The summed E-state index contributed by atoms with van der Waals surface area (Å²) in [4.78, 5) is 13.8. The molecule has 1 aliphatic rings. The molecule has 0 radical (unpaired) electrons. The van der Waals surface area contributed by atoms with Crippen molar-refractivity contribution in [2.75, 3.05) is 19.9 Å². The predicted molar refractivity (Wildman–Crippen MR) is 101 cm³/mol. The molecule has 1 saturated heterocycles. The van der Waals surface area contributed by atoms with Crippen LogP contribution in [-0.4, -0.2) is 35.8 Å². The minimum atomic E-state index is -5.10. The van der Waals surface area contributed by atoms with E-state index < -0.39 is 59.7 Å². The lowest BCUT2D eigenvalue weighted by atomic mass is 9.90. The van der Waals surface area contributed by atoms with E-state index in [1.165, 1.54) is 12.1 Å². The zero-order valence-corrected chi connectivity index (χ0v) is 17.6. The Kier molecular flexibility index (Phi) is 6.60. The highest BCUT2D eigenvalue weighted by molar-refractivity contribution is 9.10. The predicted octanol–water partition coefficient (Wildman–Crippen LogP) is 5.33. The summed E-state index contributed by atoms with van der Waals surface area (Å²) in [5.74, 6) is -1.69. The van der Waals surface area contributed by atoms with Crippen LogP contribution in [0, 0.1) is 5.82 Å². The van der Waals surface area contributed by atoms with Gasteiger partial charge in [0.05, 0.1) is 22.1 Å². The molecule has 0 aliphatic carbocycles. The van der Waals surface area contributed by atoms with Crippen molar-refractivity contribution in [2.45, 2.75) is 24.4 Å². The Balaban J connectivity index is 1.97. The van der Waals surface area contributed by atoms with Gasteiger partial charge in [0, 0.05) is 18.6 Å². The summed E-state index contributed by atoms with van der Waals surface area (Å²) in [5.41, 5.74) is -4.99. The number of hydrogen-bond donors (Lipinski definition) is 1. The van der Waals surface area contributed by atoms with Gasteiger partial charge in [-0.2, -0.15) is 26.3 Å². The smallest absolute Gasteiger partial charge is 0.396 e.